The first-order valence-electron chi connectivity index (χ1n) is 6.82. The molecular weight excluding hydrogens is 304 g/mol. The number of nitrogens with zero attached hydrogens (tertiary/aromatic N) is 3. The van der Waals surface area contributed by atoms with Gasteiger partial charge >= 0.3 is 0 Å². The van der Waals surface area contributed by atoms with Crippen molar-refractivity contribution in [3.63, 3.8) is 0 Å². The molecule has 0 saturated heterocycles. The molecule has 0 fully saturated rings. The molecule has 21 heavy (non-hydrogen) atoms. The van der Waals surface area contributed by atoms with E-state index in [1.165, 1.54) is 0 Å². The van der Waals surface area contributed by atoms with Crippen molar-refractivity contribution < 1.29 is 4.79 Å². The van der Waals surface area contributed by atoms with Crippen LogP contribution in [0.4, 0.5) is 0 Å². The molecule has 2 aromatic rings. The average molecular weight is 324 g/mol. The molecule has 2 aromatic heterocycles. The topological polar surface area (TPSA) is 59.8 Å². The number of hydrogen-bond donors (Lipinski definition) is 1. The molecule has 0 aliphatic rings. The fourth-order valence-corrected chi connectivity index (χ4v) is 3.27. The van der Waals surface area contributed by atoms with Gasteiger partial charge < -0.3 is 5.32 Å². The van der Waals surface area contributed by atoms with Gasteiger partial charge in [0, 0.05) is 30.1 Å². The normalized spacial score (nSPS) is 11.6. The van der Waals surface area contributed by atoms with Gasteiger partial charge in [-0.2, -0.15) is 5.10 Å². The molecule has 0 saturated carbocycles. The lowest BCUT2D eigenvalue weighted by atomic mass is 10.1. The van der Waals surface area contributed by atoms with Crippen LogP contribution < -0.4 is 5.32 Å². The maximum absolute atomic E-state index is 12.0. The second-order valence-corrected chi connectivity index (χ2v) is 7.84. The minimum Gasteiger partial charge on any atom is -0.352 e. The van der Waals surface area contributed by atoms with E-state index in [1.807, 2.05) is 11.6 Å². The minimum atomic E-state index is -0.108. The zero-order chi connectivity index (χ0) is 15.3. The number of amides is 1. The van der Waals surface area contributed by atoms with Crippen molar-refractivity contribution in [2.75, 3.05) is 12.3 Å². The number of carbonyl (C=O) groups excluding carboxylic acids is 1. The molecule has 1 amide bonds. The summed E-state index contributed by atoms with van der Waals surface area (Å²) in [5.74, 6) is 0.888. The van der Waals surface area contributed by atoms with Crippen LogP contribution in [0.1, 0.15) is 37.6 Å². The van der Waals surface area contributed by atoms with E-state index in [9.17, 15) is 4.79 Å². The largest absolute Gasteiger partial charge is 0.352 e. The van der Waals surface area contributed by atoms with Crippen LogP contribution in [-0.2, 0) is 5.54 Å². The second kappa shape index (κ2) is 7.09. The maximum Gasteiger partial charge on any atom is 0.254 e. The van der Waals surface area contributed by atoms with Gasteiger partial charge in [0.25, 0.3) is 5.91 Å². The highest BCUT2D eigenvalue weighted by atomic mass is 32.2. The van der Waals surface area contributed by atoms with Gasteiger partial charge in [-0.3, -0.25) is 9.48 Å². The molecule has 0 spiro atoms. The lowest BCUT2D eigenvalue weighted by molar-refractivity contribution is 0.0953. The fraction of sp³-hybridized carbons (Fsp3) is 0.500. The zero-order valence-corrected chi connectivity index (χ0v) is 14.1. The first kappa shape index (κ1) is 16.0. The van der Waals surface area contributed by atoms with Crippen molar-refractivity contribution in [3.8, 4) is 0 Å². The van der Waals surface area contributed by atoms with Crippen LogP contribution in [0.25, 0.3) is 0 Å². The van der Waals surface area contributed by atoms with Crippen molar-refractivity contribution >= 4 is 29.0 Å². The molecule has 0 bridgehead atoms. The van der Waals surface area contributed by atoms with Crippen LogP contribution in [0, 0.1) is 0 Å². The Bertz CT molecular complexity index is 572. The molecule has 0 unspecified atom stereocenters. The van der Waals surface area contributed by atoms with E-state index in [2.05, 4.69) is 36.2 Å². The van der Waals surface area contributed by atoms with Gasteiger partial charge in [-0.15, -0.1) is 11.3 Å². The summed E-state index contributed by atoms with van der Waals surface area (Å²) in [5, 5.41) is 9.12. The van der Waals surface area contributed by atoms with E-state index < -0.39 is 0 Å². The van der Waals surface area contributed by atoms with Gasteiger partial charge in [-0.1, -0.05) is 11.8 Å². The molecular formula is C14H20N4OS2. The average Bonchev–Trinajstić information content (AvgIpc) is 3.08. The first-order valence-corrected chi connectivity index (χ1v) is 8.69. The second-order valence-electron chi connectivity index (χ2n) is 5.60. The number of rotatable bonds is 6. The molecule has 114 valence electrons. The van der Waals surface area contributed by atoms with Crippen molar-refractivity contribution in [1.82, 2.24) is 20.1 Å². The molecule has 2 rings (SSSR count). The molecule has 0 aliphatic heterocycles. The Morgan fingerprint density at radius 3 is 2.90 bits per heavy atom. The van der Waals surface area contributed by atoms with Gasteiger partial charge in [-0.25, -0.2) is 4.98 Å². The van der Waals surface area contributed by atoms with E-state index in [0.29, 0.717) is 12.1 Å². The standard InChI is InChI=1S/C14H20N4OS2/c1-14(2,3)18-10-11(9-17-18)12(19)15-5-4-7-20-13-16-6-8-21-13/h6,8-10H,4-5,7H2,1-3H3,(H,15,19). The van der Waals surface area contributed by atoms with Crippen LogP contribution in [0.15, 0.2) is 28.3 Å². The molecule has 7 heteroatoms. The number of carbonyl (C=O) groups is 1. The summed E-state index contributed by atoms with van der Waals surface area (Å²) in [5.41, 5.74) is 0.501. The van der Waals surface area contributed by atoms with Crippen LogP contribution >= 0.6 is 23.1 Å². The van der Waals surface area contributed by atoms with Gasteiger partial charge in [-0.05, 0) is 27.2 Å². The smallest absolute Gasteiger partial charge is 0.254 e. The number of nitrogens with one attached hydrogen (secondary N) is 1. The maximum atomic E-state index is 12.0. The Balaban J connectivity index is 1.71. The highest BCUT2D eigenvalue weighted by Crippen LogP contribution is 2.20. The summed E-state index contributed by atoms with van der Waals surface area (Å²) in [6.07, 6.45) is 6.13. The predicted molar refractivity (Wildman–Crippen MR) is 87.0 cm³/mol. The Morgan fingerprint density at radius 1 is 1.48 bits per heavy atom. The Morgan fingerprint density at radius 2 is 2.29 bits per heavy atom. The van der Waals surface area contributed by atoms with Crippen molar-refractivity contribution in [3.05, 3.63) is 29.5 Å². The molecule has 0 aromatic carbocycles. The summed E-state index contributed by atoms with van der Waals surface area (Å²) in [6, 6.07) is 0. The molecule has 2 heterocycles. The van der Waals surface area contributed by atoms with E-state index in [1.54, 1.807) is 40.2 Å². The minimum absolute atomic E-state index is 0.0650. The van der Waals surface area contributed by atoms with Gasteiger partial charge in [0.05, 0.1) is 17.3 Å². The molecule has 1 N–H and O–H groups in total. The quantitative estimate of drug-likeness (QED) is 0.655. The Hall–Kier alpha value is -1.34. The Kier molecular flexibility index (Phi) is 5.41. The first-order chi connectivity index (χ1) is 9.97. The summed E-state index contributed by atoms with van der Waals surface area (Å²) in [7, 11) is 0. The van der Waals surface area contributed by atoms with E-state index in [-0.39, 0.29) is 11.4 Å². The van der Waals surface area contributed by atoms with E-state index in [4.69, 9.17) is 0 Å². The third kappa shape index (κ3) is 4.86. The zero-order valence-electron chi connectivity index (χ0n) is 12.5. The third-order valence-corrected chi connectivity index (χ3v) is 4.83. The van der Waals surface area contributed by atoms with Gasteiger partial charge in [0.15, 0.2) is 0 Å². The predicted octanol–water partition coefficient (Wildman–Crippen LogP) is 3.01. The summed E-state index contributed by atoms with van der Waals surface area (Å²) < 4.78 is 2.88. The molecule has 5 nitrogen and oxygen atoms in total. The number of thiazole rings is 1. The van der Waals surface area contributed by atoms with Crippen molar-refractivity contribution in [1.29, 1.82) is 0 Å². The van der Waals surface area contributed by atoms with E-state index in [0.717, 1.165) is 16.5 Å². The van der Waals surface area contributed by atoms with Gasteiger partial charge in [0.2, 0.25) is 0 Å². The lowest BCUT2D eigenvalue weighted by Crippen LogP contribution is -2.25. The fourth-order valence-electron chi connectivity index (χ4n) is 1.62. The van der Waals surface area contributed by atoms with E-state index >= 15 is 0 Å². The van der Waals surface area contributed by atoms with Crippen LogP contribution in [-0.4, -0.2) is 33.0 Å². The number of hydrogen-bond acceptors (Lipinski definition) is 5. The number of aromatic nitrogens is 3. The summed E-state index contributed by atoms with van der Waals surface area (Å²) >= 11 is 3.36. The lowest BCUT2D eigenvalue weighted by Gasteiger charge is -2.18. The third-order valence-electron chi connectivity index (χ3n) is 2.77. The van der Waals surface area contributed by atoms with Crippen LogP contribution in [0.2, 0.25) is 0 Å². The Labute approximate surface area is 133 Å². The highest BCUT2D eigenvalue weighted by molar-refractivity contribution is 8.00. The molecule has 0 radical (unpaired) electrons. The van der Waals surface area contributed by atoms with Crippen LogP contribution in [0.3, 0.4) is 0 Å². The van der Waals surface area contributed by atoms with Crippen LogP contribution in [0.5, 0.6) is 0 Å². The summed E-state index contributed by atoms with van der Waals surface area (Å²) in [4.78, 5) is 16.2. The number of thioether (sulfide) groups is 1. The summed E-state index contributed by atoms with van der Waals surface area (Å²) in [6.45, 7) is 6.82. The van der Waals surface area contributed by atoms with Crippen molar-refractivity contribution in [2.24, 2.45) is 0 Å². The SMILES string of the molecule is CC(C)(C)n1cc(C(=O)NCCCSc2nccs2)cn1. The highest BCUT2D eigenvalue weighted by Gasteiger charge is 2.16. The van der Waals surface area contributed by atoms with Gasteiger partial charge in [0.1, 0.15) is 4.34 Å². The molecule has 0 atom stereocenters. The molecule has 0 aliphatic carbocycles. The van der Waals surface area contributed by atoms with Crippen molar-refractivity contribution in [2.45, 2.75) is 37.1 Å². The monoisotopic (exact) mass is 324 g/mol.